The van der Waals surface area contributed by atoms with Crippen LogP contribution in [-0.4, -0.2) is 45.2 Å². The molecule has 0 radical (unpaired) electrons. The summed E-state index contributed by atoms with van der Waals surface area (Å²) in [7, 11) is 1.48. The Balaban J connectivity index is 1.66. The summed E-state index contributed by atoms with van der Waals surface area (Å²) < 4.78 is 52.6. The molecule has 2 aromatic heterocycles. The van der Waals surface area contributed by atoms with Crippen molar-refractivity contribution in [2.24, 2.45) is 0 Å². The van der Waals surface area contributed by atoms with Crippen molar-refractivity contribution in [2.75, 3.05) is 19.0 Å². The topological polar surface area (TPSA) is 91.2 Å². The minimum atomic E-state index is -4.71. The number of amides is 1. The molecular formula is C22H20F3N5O3. The number of carbonyl (C=O) groups is 1. The molecule has 1 atom stereocenters. The normalized spacial score (nSPS) is 15.2. The first-order chi connectivity index (χ1) is 15.8. The number of fused-ring (bicyclic) bond motifs is 1. The van der Waals surface area contributed by atoms with Crippen LogP contribution in [0.5, 0.6) is 5.75 Å². The highest BCUT2D eigenvalue weighted by Gasteiger charge is 2.38. The van der Waals surface area contributed by atoms with Crippen molar-refractivity contribution in [3.8, 4) is 11.6 Å². The predicted octanol–water partition coefficient (Wildman–Crippen LogP) is 2.31. The van der Waals surface area contributed by atoms with Crippen molar-refractivity contribution in [3.05, 3.63) is 58.7 Å². The molecule has 1 N–H and O–H groups in total. The average Bonchev–Trinajstić information content (AvgIpc) is 3.19. The molecule has 1 amide bonds. The lowest BCUT2D eigenvalue weighted by molar-refractivity contribution is -0.146. The Morgan fingerprint density at radius 3 is 2.70 bits per heavy atom. The van der Waals surface area contributed by atoms with E-state index in [4.69, 9.17) is 9.47 Å². The lowest BCUT2D eigenvalue weighted by Crippen LogP contribution is -2.35. The zero-order valence-corrected chi connectivity index (χ0v) is 17.8. The summed E-state index contributed by atoms with van der Waals surface area (Å²) in [5, 5.41) is 3.00. The first-order valence-electron chi connectivity index (χ1n) is 10.1. The number of ether oxygens (including phenoxy) is 2. The molecule has 172 valence electrons. The Morgan fingerprint density at radius 1 is 1.24 bits per heavy atom. The summed E-state index contributed by atoms with van der Waals surface area (Å²) in [5.74, 6) is -1.20. The lowest BCUT2D eigenvalue weighted by Gasteiger charge is -2.13. The molecule has 33 heavy (non-hydrogen) atoms. The number of para-hydroxylation sites is 1. The molecule has 0 fully saturated rings. The largest absolute Gasteiger partial charge is 0.493 e. The van der Waals surface area contributed by atoms with E-state index < -0.39 is 17.9 Å². The fraction of sp³-hybridized carbons (Fsp3) is 0.273. The Labute approximate surface area is 186 Å². The van der Waals surface area contributed by atoms with Gasteiger partial charge < -0.3 is 14.8 Å². The first kappa shape index (κ1) is 22.5. The number of nitrogens with zero attached hydrogens (tertiary/aromatic N) is 4. The lowest BCUT2D eigenvalue weighted by atomic mass is 10.1. The number of imidazole rings is 1. The molecule has 2 heterocycles. The predicted molar refractivity (Wildman–Crippen MR) is 113 cm³/mol. The third kappa shape index (κ3) is 4.58. The number of benzene rings is 1. The molecule has 0 saturated carbocycles. The molecule has 0 aliphatic heterocycles. The molecule has 0 bridgehead atoms. The second kappa shape index (κ2) is 9.02. The van der Waals surface area contributed by atoms with E-state index in [0.29, 0.717) is 24.3 Å². The van der Waals surface area contributed by atoms with Gasteiger partial charge in [-0.3, -0.25) is 9.36 Å². The van der Waals surface area contributed by atoms with Gasteiger partial charge in [-0.15, -0.1) is 0 Å². The highest BCUT2D eigenvalue weighted by Crippen LogP contribution is 2.28. The number of alkyl halides is 3. The van der Waals surface area contributed by atoms with Crippen LogP contribution < -0.4 is 20.8 Å². The standard InChI is InChI=1S/C22H20F3N5O3/c1-3-33-17-7-5-4-6-14(17)20(31)29-18-11-27-19(12-26-18)30-16-9-8-13(32-2)10-15(16)28-21(30)22(23,24)25/h4-7,9-13H,3,8H2,1-2H3,(H,26,29,31). The number of anilines is 1. The van der Waals surface area contributed by atoms with Crippen molar-refractivity contribution < 1.29 is 27.4 Å². The van der Waals surface area contributed by atoms with Gasteiger partial charge in [0.1, 0.15) is 5.75 Å². The minimum absolute atomic E-state index is 0.0765. The van der Waals surface area contributed by atoms with Crippen LogP contribution >= 0.6 is 0 Å². The molecule has 1 unspecified atom stereocenters. The first-order valence-corrected chi connectivity index (χ1v) is 10.1. The van der Waals surface area contributed by atoms with Crippen LogP contribution in [0.1, 0.15) is 29.5 Å². The number of aromatic nitrogens is 4. The molecule has 3 aromatic rings. The van der Waals surface area contributed by atoms with Gasteiger partial charge >= 0.3 is 6.18 Å². The quantitative estimate of drug-likeness (QED) is 0.609. The summed E-state index contributed by atoms with van der Waals surface area (Å²) in [6.45, 7) is 2.18. The van der Waals surface area contributed by atoms with Gasteiger partial charge in [-0.25, -0.2) is 15.0 Å². The molecule has 1 aliphatic carbocycles. The van der Waals surface area contributed by atoms with Crippen molar-refractivity contribution in [2.45, 2.75) is 25.6 Å². The Bertz CT molecular complexity index is 1290. The van der Waals surface area contributed by atoms with Crippen molar-refractivity contribution in [1.29, 1.82) is 0 Å². The Kier molecular flexibility index (Phi) is 6.14. The highest BCUT2D eigenvalue weighted by molar-refractivity contribution is 6.05. The van der Waals surface area contributed by atoms with Crippen molar-refractivity contribution in [3.63, 3.8) is 0 Å². The van der Waals surface area contributed by atoms with E-state index in [9.17, 15) is 18.0 Å². The number of rotatable bonds is 6. The van der Waals surface area contributed by atoms with E-state index in [0.717, 1.165) is 10.8 Å². The van der Waals surface area contributed by atoms with Gasteiger partial charge in [0, 0.05) is 7.11 Å². The molecular weight excluding hydrogens is 439 g/mol. The van der Waals surface area contributed by atoms with Crippen LogP contribution in [0.3, 0.4) is 0 Å². The second-order valence-electron chi connectivity index (χ2n) is 7.06. The number of halogens is 3. The third-order valence-electron chi connectivity index (χ3n) is 4.93. The highest BCUT2D eigenvalue weighted by atomic mass is 19.4. The van der Waals surface area contributed by atoms with Gasteiger partial charge in [-0.1, -0.05) is 18.2 Å². The van der Waals surface area contributed by atoms with Crippen LogP contribution in [0.4, 0.5) is 19.0 Å². The zero-order chi connectivity index (χ0) is 23.6. The van der Waals surface area contributed by atoms with Gasteiger partial charge in [0.05, 0.1) is 41.4 Å². The molecule has 4 rings (SSSR count). The van der Waals surface area contributed by atoms with Gasteiger partial charge in [-0.2, -0.15) is 13.2 Å². The number of hydrogen-bond acceptors (Lipinski definition) is 6. The van der Waals surface area contributed by atoms with E-state index in [-0.39, 0.29) is 28.4 Å². The maximum Gasteiger partial charge on any atom is 0.450 e. The van der Waals surface area contributed by atoms with Crippen molar-refractivity contribution >= 4 is 23.9 Å². The maximum absolute atomic E-state index is 13.7. The fourth-order valence-corrected chi connectivity index (χ4v) is 3.45. The van der Waals surface area contributed by atoms with Crippen LogP contribution in [-0.2, 0) is 10.9 Å². The van der Waals surface area contributed by atoms with E-state index >= 15 is 0 Å². The van der Waals surface area contributed by atoms with E-state index in [1.807, 2.05) is 0 Å². The Morgan fingerprint density at radius 2 is 2.03 bits per heavy atom. The second-order valence-corrected chi connectivity index (χ2v) is 7.06. The summed E-state index contributed by atoms with van der Waals surface area (Å²) in [4.78, 5) is 24.5. The average molecular weight is 459 g/mol. The van der Waals surface area contributed by atoms with Crippen molar-refractivity contribution in [1.82, 2.24) is 19.5 Å². The molecule has 1 aliphatic rings. The molecule has 11 heteroatoms. The zero-order valence-electron chi connectivity index (χ0n) is 17.8. The van der Waals surface area contributed by atoms with Gasteiger partial charge in [0.2, 0.25) is 5.82 Å². The number of carbonyl (C=O) groups excluding carboxylic acids is 1. The summed E-state index contributed by atoms with van der Waals surface area (Å²) in [6.07, 6.45) is 0.828. The molecule has 0 saturated heterocycles. The van der Waals surface area contributed by atoms with Gasteiger partial charge in [-0.05, 0) is 31.6 Å². The smallest absolute Gasteiger partial charge is 0.450 e. The van der Waals surface area contributed by atoms with E-state index in [1.165, 1.54) is 13.3 Å². The molecule has 0 spiro atoms. The van der Waals surface area contributed by atoms with Gasteiger partial charge in [0.25, 0.3) is 5.91 Å². The minimum Gasteiger partial charge on any atom is -0.493 e. The van der Waals surface area contributed by atoms with E-state index in [1.54, 1.807) is 43.3 Å². The van der Waals surface area contributed by atoms with Crippen LogP contribution in [0.15, 0.2) is 36.7 Å². The SMILES string of the molecule is CCOc1ccccc1C(=O)Nc1cnc(-n2c(C(F)(F)F)nc3c2=CCC(OC)C=3)cn1. The summed E-state index contributed by atoms with van der Waals surface area (Å²) in [5.41, 5.74) is 0.297. The summed E-state index contributed by atoms with van der Waals surface area (Å²) in [6, 6.07) is 6.68. The number of methoxy groups -OCH3 is 1. The molecule has 1 aromatic carbocycles. The Hall–Kier alpha value is -3.73. The fourth-order valence-electron chi connectivity index (χ4n) is 3.45. The van der Waals surface area contributed by atoms with E-state index in [2.05, 4.69) is 20.3 Å². The number of nitrogens with one attached hydrogen (secondary N) is 1. The number of hydrogen-bond donors (Lipinski definition) is 1. The maximum atomic E-state index is 13.7. The summed E-state index contributed by atoms with van der Waals surface area (Å²) >= 11 is 0. The van der Waals surface area contributed by atoms with Gasteiger partial charge in [0.15, 0.2) is 11.6 Å². The van der Waals surface area contributed by atoms with Crippen LogP contribution in [0.25, 0.3) is 18.0 Å². The molecule has 8 nitrogen and oxygen atoms in total. The monoisotopic (exact) mass is 459 g/mol. The van der Waals surface area contributed by atoms with Crippen LogP contribution in [0.2, 0.25) is 0 Å². The van der Waals surface area contributed by atoms with Crippen LogP contribution in [0, 0.1) is 0 Å². The third-order valence-corrected chi connectivity index (χ3v) is 4.93.